The average molecular weight is 400 g/mol. The van der Waals surface area contributed by atoms with Crippen LogP contribution in [0.1, 0.15) is 5.56 Å². The zero-order chi connectivity index (χ0) is 20.5. The van der Waals surface area contributed by atoms with Crippen molar-refractivity contribution in [3.8, 4) is 22.7 Å². The summed E-state index contributed by atoms with van der Waals surface area (Å²) in [4.78, 5) is 15.3. The molecule has 0 aliphatic heterocycles. The van der Waals surface area contributed by atoms with E-state index < -0.39 is 29.7 Å². The molecule has 28 heavy (non-hydrogen) atoms. The van der Waals surface area contributed by atoms with E-state index in [-0.39, 0.29) is 17.1 Å². The number of hydrogen-bond acceptors (Lipinski definition) is 3. The van der Waals surface area contributed by atoms with Gasteiger partial charge in [-0.05, 0) is 24.3 Å². The van der Waals surface area contributed by atoms with Crippen LogP contribution in [0.2, 0.25) is 0 Å². The molecule has 1 heterocycles. The summed E-state index contributed by atoms with van der Waals surface area (Å²) in [5, 5.41) is 1.60. The lowest BCUT2D eigenvalue weighted by Crippen LogP contribution is -2.29. The summed E-state index contributed by atoms with van der Waals surface area (Å²) in [6.07, 6.45) is -9.70. The number of benzene rings is 2. The van der Waals surface area contributed by atoms with E-state index in [4.69, 9.17) is 4.42 Å². The first kappa shape index (κ1) is 19.5. The number of hydrogen-bond donors (Lipinski definition) is 1. The summed E-state index contributed by atoms with van der Waals surface area (Å²) in [6.45, 7) is 0. The molecule has 0 bridgehead atoms. The third kappa shape index (κ3) is 4.16. The van der Waals surface area contributed by atoms with Gasteiger partial charge in [-0.1, -0.05) is 30.3 Å². The molecule has 0 aliphatic rings. The molecule has 0 atom stereocenters. The lowest BCUT2D eigenvalue weighted by atomic mass is 10.1. The summed E-state index contributed by atoms with van der Waals surface area (Å²) in [5.41, 5.74) is -0.552. The molecule has 0 saturated carbocycles. The van der Waals surface area contributed by atoms with Gasteiger partial charge in [-0.3, -0.25) is 10.1 Å². The van der Waals surface area contributed by atoms with Gasteiger partial charge >= 0.3 is 18.3 Å². The molecule has 3 rings (SSSR count). The van der Waals surface area contributed by atoms with Crippen molar-refractivity contribution >= 4 is 11.8 Å². The summed E-state index contributed by atoms with van der Waals surface area (Å²) >= 11 is 0. The zero-order valence-corrected chi connectivity index (χ0v) is 13.7. The maximum atomic E-state index is 12.7. The molecule has 1 N–H and O–H groups in total. The van der Waals surface area contributed by atoms with Crippen LogP contribution in [0.15, 0.2) is 59.0 Å². The number of halogens is 6. The van der Waals surface area contributed by atoms with Gasteiger partial charge in [0.2, 0.25) is 11.8 Å². The highest BCUT2D eigenvalue weighted by molar-refractivity contribution is 5.96. The van der Waals surface area contributed by atoms with Crippen molar-refractivity contribution in [2.24, 2.45) is 0 Å². The second-order valence-electron chi connectivity index (χ2n) is 5.59. The Morgan fingerprint density at radius 1 is 0.857 bits per heavy atom. The van der Waals surface area contributed by atoms with Gasteiger partial charge in [0.15, 0.2) is 0 Å². The van der Waals surface area contributed by atoms with E-state index in [9.17, 15) is 31.1 Å². The van der Waals surface area contributed by atoms with E-state index in [1.54, 1.807) is 23.5 Å². The first-order valence-electron chi connectivity index (χ1n) is 7.68. The molecule has 1 aromatic heterocycles. The minimum atomic E-state index is -5.16. The van der Waals surface area contributed by atoms with Crippen molar-refractivity contribution in [3.05, 3.63) is 60.2 Å². The molecule has 0 aliphatic carbocycles. The summed E-state index contributed by atoms with van der Waals surface area (Å²) < 4.78 is 81.0. The molecule has 3 aromatic rings. The molecule has 0 radical (unpaired) electrons. The average Bonchev–Trinajstić information content (AvgIpc) is 3.05. The molecular formula is C18H10F6N2O2. The fraction of sp³-hybridized carbons (Fsp3) is 0.111. The second kappa shape index (κ2) is 7.02. The predicted octanol–water partition coefficient (Wildman–Crippen LogP) is 5.53. The lowest BCUT2D eigenvalue weighted by molar-refractivity contribution is -0.167. The highest BCUT2D eigenvalue weighted by atomic mass is 19.4. The first-order chi connectivity index (χ1) is 13.1. The first-order valence-corrected chi connectivity index (χ1v) is 7.68. The van der Waals surface area contributed by atoms with Crippen molar-refractivity contribution in [1.29, 1.82) is 0 Å². The van der Waals surface area contributed by atoms with Gasteiger partial charge in [0.05, 0.1) is 5.56 Å². The molecule has 1 amide bonds. The van der Waals surface area contributed by atoms with Crippen molar-refractivity contribution in [2.45, 2.75) is 12.4 Å². The van der Waals surface area contributed by atoms with Gasteiger partial charge in [0, 0.05) is 11.1 Å². The van der Waals surface area contributed by atoms with Gasteiger partial charge < -0.3 is 4.42 Å². The van der Waals surface area contributed by atoms with Crippen LogP contribution in [0.5, 0.6) is 0 Å². The van der Waals surface area contributed by atoms with Crippen molar-refractivity contribution in [3.63, 3.8) is 0 Å². The number of rotatable bonds is 3. The van der Waals surface area contributed by atoms with Gasteiger partial charge in [-0.15, -0.1) is 0 Å². The van der Waals surface area contributed by atoms with E-state index in [1.165, 1.54) is 12.1 Å². The number of oxazole rings is 1. The normalized spacial score (nSPS) is 12.1. The maximum Gasteiger partial charge on any atom is 0.471 e. The fourth-order valence-electron chi connectivity index (χ4n) is 2.30. The molecule has 146 valence electrons. The SMILES string of the molecule is O=C(Nc1oc(-c2ccc(C(F)(F)F)cc2)nc1-c1ccccc1)C(F)(F)F. The van der Waals surface area contributed by atoms with Crippen LogP contribution >= 0.6 is 0 Å². The standard InChI is InChI=1S/C18H10F6N2O2/c19-17(20,21)12-8-6-11(7-9-12)14-25-13(10-4-2-1-3-5-10)15(28-14)26-16(27)18(22,23)24/h1-9H,(H,26,27). The third-order valence-corrected chi connectivity index (χ3v) is 3.62. The van der Waals surface area contributed by atoms with Crippen LogP contribution in [-0.4, -0.2) is 17.1 Å². The molecule has 10 heteroatoms. The van der Waals surface area contributed by atoms with Crippen LogP contribution in [0.25, 0.3) is 22.7 Å². The second-order valence-corrected chi connectivity index (χ2v) is 5.59. The Labute approximate surface area is 153 Å². The Morgan fingerprint density at radius 2 is 1.46 bits per heavy atom. The summed E-state index contributed by atoms with van der Waals surface area (Å²) in [5.74, 6) is -3.08. The van der Waals surface area contributed by atoms with E-state index in [0.717, 1.165) is 24.3 Å². The number of alkyl halides is 6. The monoisotopic (exact) mass is 400 g/mol. The highest BCUT2D eigenvalue weighted by Crippen LogP contribution is 2.35. The quantitative estimate of drug-likeness (QED) is 0.589. The van der Waals surface area contributed by atoms with Crippen LogP contribution in [0.3, 0.4) is 0 Å². The summed E-state index contributed by atoms with van der Waals surface area (Å²) in [7, 11) is 0. The van der Waals surface area contributed by atoms with Gasteiger partial charge in [0.1, 0.15) is 5.69 Å². The minimum absolute atomic E-state index is 0.0897. The Morgan fingerprint density at radius 3 is 2.00 bits per heavy atom. The zero-order valence-electron chi connectivity index (χ0n) is 13.7. The Bertz CT molecular complexity index is 976. The number of aromatic nitrogens is 1. The van der Waals surface area contributed by atoms with Gasteiger partial charge in [-0.25, -0.2) is 4.98 Å². The molecule has 0 fully saturated rings. The molecule has 0 spiro atoms. The molecule has 0 unspecified atom stereocenters. The molecular weight excluding hydrogens is 390 g/mol. The Kier molecular flexibility index (Phi) is 4.88. The largest absolute Gasteiger partial charge is 0.471 e. The third-order valence-electron chi connectivity index (χ3n) is 3.62. The number of carbonyl (C=O) groups excluding carboxylic acids is 1. The molecule has 2 aromatic carbocycles. The highest BCUT2D eigenvalue weighted by Gasteiger charge is 2.40. The van der Waals surface area contributed by atoms with E-state index >= 15 is 0 Å². The van der Waals surface area contributed by atoms with Crippen LogP contribution < -0.4 is 5.32 Å². The van der Waals surface area contributed by atoms with E-state index in [2.05, 4.69) is 4.98 Å². The van der Waals surface area contributed by atoms with Gasteiger partial charge in [0.25, 0.3) is 0 Å². The Balaban J connectivity index is 2.03. The minimum Gasteiger partial charge on any atom is -0.420 e. The van der Waals surface area contributed by atoms with Crippen molar-refractivity contribution < 1.29 is 35.6 Å². The van der Waals surface area contributed by atoms with E-state index in [0.29, 0.717) is 5.56 Å². The van der Waals surface area contributed by atoms with E-state index in [1.807, 2.05) is 0 Å². The van der Waals surface area contributed by atoms with Crippen molar-refractivity contribution in [1.82, 2.24) is 4.98 Å². The lowest BCUT2D eigenvalue weighted by Gasteiger charge is -2.06. The van der Waals surface area contributed by atoms with Gasteiger partial charge in [-0.2, -0.15) is 26.3 Å². The van der Waals surface area contributed by atoms with Crippen LogP contribution in [-0.2, 0) is 11.0 Å². The maximum absolute atomic E-state index is 12.7. The number of carbonyl (C=O) groups is 1. The Hall–Kier alpha value is -3.30. The fourth-order valence-corrected chi connectivity index (χ4v) is 2.30. The number of anilines is 1. The topological polar surface area (TPSA) is 55.1 Å². The van der Waals surface area contributed by atoms with Crippen LogP contribution in [0, 0.1) is 0 Å². The van der Waals surface area contributed by atoms with Crippen molar-refractivity contribution in [2.75, 3.05) is 5.32 Å². The summed E-state index contributed by atoms with van der Waals surface area (Å²) in [6, 6.07) is 11.6. The molecule has 4 nitrogen and oxygen atoms in total. The number of nitrogens with one attached hydrogen (secondary N) is 1. The predicted molar refractivity (Wildman–Crippen MR) is 87.1 cm³/mol. The molecule has 0 saturated heterocycles. The number of amides is 1. The van der Waals surface area contributed by atoms with Crippen LogP contribution in [0.4, 0.5) is 32.2 Å². The number of nitrogens with zero attached hydrogens (tertiary/aromatic N) is 1. The smallest absolute Gasteiger partial charge is 0.420 e.